The number of nitrogens with zero attached hydrogens (tertiary/aromatic N) is 3. The fourth-order valence-corrected chi connectivity index (χ4v) is 3.07. The highest BCUT2D eigenvalue weighted by atomic mass is 35.5. The van der Waals surface area contributed by atoms with Crippen molar-refractivity contribution in [3.63, 3.8) is 0 Å². The third-order valence-corrected chi connectivity index (χ3v) is 4.23. The Hall–Kier alpha value is -1.59. The number of aryl methyl sites for hydroxylation is 1. The van der Waals surface area contributed by atoms with Gasteiger partial charge in [0.1, 0.15) is 17.1 Å². The lowest BCUT2D eigenvalue weighted by Crippen LogP contribution is -2.44. The number of rotatable bonds is 3. The Morgan fingerprint density at radius 1 is 1.43 bits per heavy atom. The zero-order valence-electron chi connectivity index (χ0n) is 14.0. The molecular formula is C17H22ClN3O2. The summed E-state index contributed by atoms with van der Waals surface area (Å²) < 4.78 is 11.6. The SMILES string of the molecule is Cc1cnc(Cl)c2nc(N3CCOC[C@H]3C)cc(OC(C)C)c12. The first kappa shape index (κ1) is 16.3. The molecule has 0 spiro atoms. The van der Waals surface area contributed by atoms with E-state index in [4.69, 9.17) is 26.1 Å². The van der Waals surface area contributed by atoms with Crippen LogP contribution in [-0.2, 0) is 4.74 Å². The van der Waals surface area contributed by atoms with Gasteiger partial charge in [0.2, 0.25) is 0 Å². The molecular weight excluding hydrogens is 314 g/mol. The highest BCUT2D eigenvalue weighted by Crippen LogP contribution is 2.35. The molecule has 1 aliphatic heterocycles. The molecule has 2 aromatic heterocycles. The Labute approximate surface area is 141 Å². The second-order valence-electron chi connectivity index (χ2n) is 6.22. The Balaban J connectivity index is 2.18. The van der Waals surface area contributed by atoms with Crippen LogP contribution in [0.1, 0.15) is 26.3 Å². The molecule has 0 aliphatic carbocycles. The second-order valence-corrected chi connectivity index (χ2v) is 6.58. The van der Waals surface area contributed by atoms with Gasteiger partial charge in [0.15, 0.2) is 5.15 Å². The largest absolute Gasteiger partial charge is 0.490 e. The number of ether oxygens (including phenoxy) is 2. The maximum Gasteiger partial charge on any atom is 0.155 e. The first-order valence-electron chi connectivity index (χ1n) is 7.94. The fourth-order valence-electron chi connectivity index (χ4n) is 2.88. The van der Waals surface area contributed by atoms with Crippen molar-refractivity contribution in [1.82, 2.24) is 9.97 Å². The smallest absolute Gasteiger partial charge is 0.155 e. The molecule has 0 bridgehead atoms. The summed E-state index contributed by atoms with van der Waals surface area (Å²) in [5, 5.41) is 1.34. The van der Waals surface area contributed by atoms with Gasteiger partial charge in [-0.05, 0) is 33.3 Å². The Kier molecular flexibility index (Phi) is 4.60. The van der Waals surface area contributed by atoms with Crippen LogP contribution < -0.4 is 9.64 Å². The van der Waals surface area contributed by atoms with Crippen molar-refractivity contribution in [3.8, 4) is 5.75 Å². The van der Waals surface area contributed by atoms with Gasteiger partial charge in [-0.3, -0.25) is 0 Å². The molecule has 2 aromatic rings. The lowest BCUT2D eigenvalue weighted by atomic mass is 10.1. The highest BCUT2D eigenvalue weighted by Gasteiger charge is 2.23. The predicted octanol–water partition coefficient (Wildman–Crippen LogP) is 3.60. The number of pyridine rings is 2. The molecule has 124 valence electrons. The second kappa shape index (κ2) is 6.49. The standard InChI is InChI=1S/C17H22ClN3O2/c1-10(2)23-13-7-14(21-5-6-22-9-12(21)4)20-16-15(13)11(3)8-19-17(16)18/h7-8,10,12H,5-6,9H2,1-4H3/t12-/m1/s1. The van der Waals surface area contributed by atoms with Gasteiger partial charge in [-0.15, -0.1) is 0 Å². The van der Waals surface area contributed by atoms with E-state index in [0.29, 0.717) is 23.9 Å². The summed E-state index contributed by atoms with van der Waals surface area (Å²) in [6, 6.07) is 2.27. The molecule has 3 rings (SSSR count). The van der Waals surface area contributed by atoms with Crippen molar-refractivity contribution in [2.45, 2.75) is 39.8 Å². The van der Waals surface area contributed by atoms with Crippen LogP contribution in [0.4, 0.5) is 5.82 Å². The number of anilines is 1. The molecule has 6 heteroatoms. The van der Waals surface area contributed by atoms with Crippen molar-refractivity contribution in [2.75, 3.05) is 24.7 Å². The minimum absolute atomic E-state index is 0.0712. The number of fused-ring (bicyclic) bond motifs is 1. The lowest BCUT2D eigenvalue weighted by molar-refractivity contribution is 0.0985. The third-order valence-electron chi connectivity index (χ3n) is 3.96. The quantitative estimate of drug-likeness (QED) is 0.802. The minimum Gasteiger partial charge on any atom is -0.490 e. The van der Waals surface area contributed by atoms with Crippen LogP contribution in [0.2, 0.25) is 5.15 Å². The fraction of sp³-hybridized carbons (Fsp3) is 0.529. The van der Waals surface area contributed by atoms with E-state index in [2.05, 4.69) is 16.8 Å². The summed E-state index contributed by atoms with van der Waals surface area (Å²) in [4.78, 5) is 11.2. The molecule has 0 radical (unpaired) electrons. The van der Waals surface area contributed by atoms with E-state index in [9.17, 15) is 0 Å². The molecule has 0 saturated carbocycles. The summed E-state index contributed by atoms with van der Waals surface area (Å²) in [6.07, 6.45) is 1.83. The van der Waals surface area contributed by atoms with Crippen LogP contribution in [-0.4, -0.2) is 41.9 Å². The van der Waals surface area contributed by atoms with Crippen LogP contribution in [0.15, 0.2) is 12.3 Å². The number of hydrogen-bond donors (Lipinski definition) is 0. The average molecular weight is 336 g/mol. The summed E-state index contributed by atoms with van der Waals surface area (Å²) in [6.45, 7) is 10.4. The molecule has 1 aliphatic rings. The van der Waals surface area contributed by atoms with Crippen LogP contribution in [0.3, 0.4) is 0 Å². The summed E-state index contributed by atoms with van der Waals surface area (Å²) >= 11 is 6.31. The average Bonchev–Trinajstić information content (AvgIpc) is 2.50. The summed E-state index contributed by atoms with van der Waals surface area (Å²) in [5.41, 5.74) is 1.70. The van der Waals surface area contributed by atoms with Gasteiger partial charge in [-0.25, -0.2) is 9.97 Å². The first-order valence-corrected chi connectivity index (χ1v) is 8.32. The van der Waals surface area contributed by atoms with Crippen molar-refractivity contribution in [1.29, 1.82) is 0 Å². The Morgan fingerprint density at radius 2 is 2.22 bits per heavy atom. The zero-order valence-corrected chi connectivity index (χ0v) is 14.7. The van der Waals surface area contributed by atoms with Crippen molar-refractivity contribution >= 4 is 28.3 Å². The van der Waals surface area contributed by atoms with E-state index in [1.165, 1.54) is 0 Å². The molecule has 23 heavy (non-hydrogen) atoms. The predicted molar refractivity (Wildman–Crippen MR) is 92.7 cm³/mol. The van der Waals surface area contributed by atoms with E-state index in [1.807, 2.05) is 26.8 Å². The monoisotopic (exact) mass is 335 g/mol. The zero-order chi connectivity index (χ0) is 16.6. The molecule has 1 atom stereocenters. The van der Waals surface area contributed by atoms with Crippen LogP contribution in [0, 0.1) is 6.92 Å². The van der Waals surface area contributed by atoms with Gasteiger partial charge in [-0.1, -0.05) is 11.6 Å². The van der Waals surface area contributed by atoms with Crippen molar-refractivity contribution in [3.05, 3.63) is 23.0 Å². The lowest BCUT2D eigenvalue weighted by Gasteiger charge is -2.34. The molecule has 1 fully saturated rings. The molecule has 0 amide bonds. The molecule has 3 heterocycles. The maximum absolute atomic E-state index is 6.31. The highest BCUT2D eigenvalue weighted by molar-refractivity contribution is 6.34. The van der Waals surface area contributed by atoms with Gasteiger partial charge in [0, 0.05) is 18.8 Å². The molecule has 1 saturated heterocycles. The molecule has 0 aromatic carbocycles. The van der Waals surface area contributed by atoms with Crippen LogP contribution in [0.5, 0.6) is 5.75 Å². The number of aromatic nitrogens is 2. The van der Waals surface area contributed by atoms with E-state index in [-0.39, 0.29) is 12.1 Å². The van der Waals surface area contributed by atoms with E-state index in [0.717, 1.165) is 29.1 Å². The van der Waals surface area contributed by atoms with Crippen LogP contribution in [0.25, 0.3) is 10.9 Å². The number of halogens is 1. The van der Waals surface area contributed by atoms with E-state index in [1.54, 1.807) is 6.20 Å². The number of morpholine rings is 1. The Morgan fingerprint density at radius 3 is 2.91 bits per heavy atom. The van der Waals surface area contributed by atoms with Gasteiger partial charge < -0.3 is 14.4 Å². The minimum atomic E-state index is 0.0712. The van der Waals surface area contributed by atoms with Gasteiger partial charge >= 0.3 is 0 Å². The van der Waals surface area contributed by atoms with Gasteiger partial charge in [0.05, 0.1) is 30.7 Å². The van der Waals surface area contributed by atoms with E-state index >= 15 is 0 Å². The Bertz CT molecular complexity index is 721. The topological polar surface area (TPSA) is 47.5 Å². The molecule has 0 N–H and O–H groups in total. The first-order chi connectivity index (χ1) is 11.0. The molecule has 5 nitrogen and oxygen atoms in total. The van der Waals surface area contributed by atoms with E-state index < -0.39 is 0 Å². The summed E-state index contributed by atoms with van der Waals surface area (Å²) in [7, 11) is 0. The van der Waals surface area contributed by atoms with Gasteiger partial charge in [0.25, 0.3) is 0 Å². The number of hydrogen-bond acceptors (Lipinski definition) is 5. The third kappa shape index (κ3) is 3.21. The van der Waals surface area contributed by atoms with Crippen LogP contribution >= 0.6 is 11.6 Å². The normalized spacial score (nSPS) is 18.7. The maximum atomic E-state index is 6.31. The molecule has 0 unspecified atom stereocenters. The van der Waals surface area contributed by atoms with Crippen molar-refractivity contribution < 1.29 is 9.47 Å². The van der Waals surface area contributed by atoms with Gasteiger partial charge in [-0.2, -0.15) is 0 Å². The van der Waals surface area contributed by atoms with Crippen molar-refractivity contribution in [2.24, 2.45) is 0 Å². The summed E-state index contributed by atoms with van der Waals surface area (Å²) in [5.74, 6) is 1.67.